The number of carbonyl (C=O) groups is 2. The molecule has 4 rings (SSSR count). The van der Waals surface area contributed by atoms with Crippen LogP contribution in [0.2, 0.25) is 5.02 Å². The number of ketones is 1. The highest BCUT2D eigenvalue weighted by atomic mass is 35.5. The highest BCUT2D eigenvalue weighted by molar-refractivity contribution is 6.30. The molecule has 1 aliphatic carbocycles. The van der Waals surface area contributed by atoms with E-state index in [2.05, 4.69) is 11.9 Å². The predicted octanol–water partition coefficient (Wildman–Crippen LogP) is 5.19. The summed E-state index contributed by atoms with van der Waals surface area (Å²) in [5.41, 5.74) is 5.12. The van der Waals surface area contributed by atoms with Gasteiger partial charge in [-0.25, -0.2) is 0 Å². The van der Waals surface area contributed by atoms with E-state index in [-0.39, 0.29) is 24.3 Å². The maximum atomic E-state index is 13.6. The smallest absolute Gasteiger partial charge is 0.315 e. The van der Waals surface area contributed by atoms with Crippen LogP contribution in [0.1, 0.15) is 42.7 Å². The summed E-state index contributed by atoms with van der Waals surface area (Å²) in [6, 6.07) is 15.7. The fraction of sp³-hybridized carbons (Fsp3) is 0.333. The lowest BCUT2D eigenvalue weighted by molar-refractivity contribution is -0.147. The second-order valence-electron chi connectivity index (χ2n) is 8.82. The van der Waals surface area contributed by atoms with Crippen LogP contribution in [0, 0.1) is 5.92 Å². The summed E-state index contributed by atoms with van der Waals surface area (Å²) in [4.78, 5) is 28.6. The first-order chi connectivity index (χ1) is 15.8. The van der Waals surface area contributed by atoms with Crippen LogP contribution in [0.4, 0.5) is 5.69 Å². The molecule has 3 atom stereocenters. The molecule has 0 amide bonds. The summed E-state index contributed by atoms with van der Waals surface area (Å²) in [6.45, 7) is 6.22. The fourth-order valence-electron chi connectivity index (χ4n) is 4.87. The summed E-state index contributed by atoms with van der Waals surface area (Å²) >= 11 is 6.05. The van der Waals surface area contributed by atoms with Crippen LogP contribution in [-0.2, 0) is 14.3 Å². The molecule has 0 fully saturated rings. The van der Waals surface area contributed by atoms with Gasteiger partial charge in [0.15, 0.2) is 5.78 Å². The van der Waals surface area contributed by atoms with E-state index in [9.17, 15) is 9.59 Å². The van der Waals surface area contributed by atoms with E-state index in [0.29, 0.717) is 29.1 Å². The number of allylic oxidation sites excluding steroid dienone is 2. The van der Waals surface area contributed by atoms with Crippen molar-refractivity contribution >= 4 is 29.0 Å². The van der Waals surface area contributed by atoms with Gasteiger partial charge in [-0.3, -0.25) is 9.59 Å². The van der Waals surface area contributed by atoms with Crippen molar-refractivity contribution in [3.05, 3.63) is 88.2 Å². The van der Waals surface area contributed by atoms with Crippen molar-refractivity contribution in [2.45, 2.75) is 31.6 Å². The zero-order valence-electron chi connectivity index (χ0n) is 19.2. The number of nitrogens with zero attached hydrogens (tertiary/aromatic N) is 1. The molecule has 33 heavy (non-hydrogen) atoms. The molecule has 5 nitrogen and oxygen atoms in total. The molecular formula is C27H29ClN2O3. The Morgan fingerprint density at radius 2 is 1.73 bits per heavy atom. The minimum atomic E-state index is -0.662. The number of nitrogens with one attached hydrogen (secondary N) is 1. The molecule has 0 bridgehead atoms. The molecule has 2 aliphatic rings. The summed E-state index contributed by atoms with van der Waals surface area (Å²) in [5, 5.41) is 3.98. The van der Waals surface area contributed by atoms with Gasteiger partial charge >= 0.3 is 5.97 Å². The lowest BCUT2D eigenvalue weighted by Gasteiger charge is -2.40. The standard InChI is InChI=1S/C27H29ClN2O3/c1-5-33-27(32)24-16(2)29-22-14-19(17-6-10-20(28)11-7-17)15-23(31)26(22)25(24)18-8-12-21(13-9-18)30(3)4/h6-13,19,24-25,29H,2,5,14-15H2,1,3-4H3. The van der Waals surface area contributed by atoms with Crippen molar-refractivity contribution in [2.75, 3.05) is 25.6 Å². The third-order valence-electron chi connectivity index (χ3n) is 6.49. The Bertz CT molecular complexity index is 1100. The zero-order chi connectivity index (χ0) is 23.7. The third kappa shape index (κ3) is 4.55. The molecule has 1 aliphatic heterocycles. The molecule has 0 radical (unpaired) electrons. The number of anilines is 1. The van der Waals surface area contributed by atoms with E-state index >= 15 is 0 Å². The van der Waals surface area contributed by atoms with Crippen LogP contribution >= 0.6 is 11.6 Å². The quantitative estimate of drug-likeness (QED) is 0.617. The van der Waals surface area contributed by atoms with Gasteiger partial charge in [0.2, 0.25) is 0 Å². The van der Waals surface area contributed by atoms with Gasteiger partial charge in [-0.15, -0.1) is 0 Å². The number of halogens is 1. The van der Waals surface area contributed by atoms with E-state index in [4.69, 9.17) is 16.3 Å². The minimum Gasteiger partial charge on any atom is -0.465 e. The number of rotatable bonds is 5. The summed E-state index contributed by atoms with van der Waals surface area (Å²) in [5.74, 6) is -1.36. The average Bonchev–Trinajstić information content (AvgIpc) is 2.78. The van der Waals surface area contributed by atoms with Gasteiger partial charge in [-0.05, 0) is 54.7 Å². The topological polar surface area (TPSA) is 58.6 Å². The van der Waals surface area contributed by atoms with Crippen molar-refractivity contribution in [1.82, 2.24) is 5.32 Å². The van der Waals surface area contributed by atoms with Crippen molar-refractivity contribution in [1.29, 1.82) is 0 Å². The maximum Gasteiger partial charge on any atom is 0.315 e. The molecule has 0 saturated heterocycles. The average molecular weight is 465 g/mol. The zero-order valence-corrected chi connectivity index (χ0v) is 20.0. The number of benzene rings is 2. The van der Waals surface area contributed by atoms with Crippen molar-refractivity contribution < 1.29 is 14.3 Å². The van der Waals surface area contributed by atoms with E-state index < -0.39 is 11.8 Å². The van der Waals surface area contributed by atoms with E-state index in [1.165, 1.54) is 0 Å². The van der Waals surface area contributed by atoms with Crippen LogP contribution in [0.5, 0.6) is 0 Å². The predicted molar refractivity (Wildman–Crippen MR) is 131 cm³/mol. The molecule has 1 N–H and O–H groups in total. The Morgan fingerprint density at radius 3 is 2.33 bits per heavy atom. The van der Waals surface area contributed by atoms with Crippen LogP contribution in [-0.4, -0.2) is 32.5 Å². The van der Waals surface area contributed by atoms with Gasteiger partial charge < -0.3 is 15.0 Å². The lowest BCUT2D eigenvalue weighted by atomic mass is 9.69. The van der Waals surface area contributed by atoms with Crippen LogP contribution in [0.15, 0.2) is 72.1 Å². The van der Waals surface area contributed by atoms with Gasteiger partial charge in [0.25, 0.3) is 0 Å². The van der Waals surface area contributed by atoms with Crippen molar-refractivity contribution in [3.8, 4) is 0 Å². The third-order valence-corrected chi connectivity index (χ3v) is 6.74. The van der Waals surface area contributed by atoms with Crippen LogP contribution in [0.3, 0.4) is 0 Å². The molecule has 2 aromatic carbocycles. The molecule has 6 heteroatoms. The molecule has 0 aromatic heterocycles. The number of carbonyl (C=O) groups excluding carboxylic acids is 2. The SMILES string of the molecule is C=C1NC2=C(C(=O)CC(c3ccc(Cl)cc3)C2)C(c2ccc(N(C)C)cc2)C1C(=O)OCC. The van der Waals surface area contributed by atoms with Gasteiger partial charge in [0, 0.05) is 54.1 Å². The van der Waals surface area contributed by atoms with Gasteiger partial charge in [-0.1, -0.05) is 42.4 Å². The van der Waals surface area contributed by atoms with E-state index in [1.807, 2.05) is 67.5 Å². The normalized spacial score (nSPS) is 22.5. The molecule has 3 unspecified atom stereocenters. The number of ether oxygens (including phenoxy) is 1. The molecule has 1 heterocycles. The number of hydrogen-bond donors (Lipinski definition) is 1. The first-order valence-electron chi connectivity index (χ1n) is 11.2. The largest absolute Gasteiger partial charge is 0.465 e. The van der Waals surface area contributed by atoms with Crippen molar-refractivity contribution in [2.24, 2.45) is 5.92 Å². The van der Waals surface area contributed by atoms with E-state index in [0.717, 1.165) is 22.5 Å². The Kier molecular flexibility index (Phi) is 6.61. The van der Waals surface area contributed by atoms with Gasteiger partial charge in [0.05, 0.1) is 6.61 Å². The first-order valence-corrected chi connectivity index (χ1v) is 11.6. The monoisotopic (exact) mass is 464 g/mol. The highest BCUT2D eigenvalue weighted by Crippen LogP contribution is 2.47. The van der Waals surface area contributed by atoms with Crippen LogP contribution in [0.25, 0.3) is 0 Å². The van der Waals surface area contributed by atoms with Crippen molar-refractivity contribution in [3.63, 3.8) is 0 Å². The minimum absolute atomic E-state index is 0.0460. The second-order valence-corrected chi connectivity index (χ2v) is 9.25. The fourth-order valence-corrected chi connectivity index (χ4v) is 5.00. The van der Waals surface area contributed by atoms with Gasteiger partial charge in [-0.2, -0.15) is 0 Å². The Hall–Kier alpha value is -3.05. The lowest BCUT2D eigenvalue weighted by Crippen LogP contribution is -2.42. The highest BCUT2D eigenvalue weighted by Gasteiger charge is 2.45. The molecular weight excluding hydrogens is 436 g/mol. The molecule has 2 aromatic rings. The summed E-state index contributed by atoms with van der Waals surface area (Å²) in [7, 11) is 3.95. The number of esters is 1. The van der Waals surface area contributed by atoms with Gasteiger partial charge in [0.1, 0.15) is 5.92 Å². The van der Waals surface area contributed by atoms with E-state index in [1.54, 1.807) is 6.92 Å². The molecule has 172 valence electrons. The maximum absolute atomic E-state index is 13.6. The number of hydrogen-bond acceptors (Lipinski definition) is 5. The molecule has 0 spiro atoms. The Morgan fingerprint density at radius 1 is 1.09 bits per heavy atom. The second kappa shape index (κ2) is 9.44. The summed E-state index contributed by atoms with van der Waals surface area (Å²) < 4.78 is 5.39. The Labute approximate surface area is 200 Å². The van der Waals surface area contributed by atoms with Crippen LogP contribution < -0.4 is 10.2 Å². The first kappa shape index (κ1) is 23.1. The molecule has 0 saturated carbocycles. The Balaban J connectivity index is 1.77. The number of Topliss-reactive ketones (excluding diaryl/α,β-unsaturated/α-hetero) is 1. The summed E-state index contributed by atoms with van der Waals surface area (Å²) in [6.07, 6.45) is 1.06.